The quantitative estimate of drug-likeness (QED) is 0.623. The van der Waals surface area contributed by atoms with Gasteiger partial charge in [0.25, 0.3) is 0 Å². The van der Waals surface area contributed by atoms with Crippen LogP contribution in [-0.4, -0.2) is 43.8 Å². The topological polar surface area (TPSA) is 58.0 Å². The molecule has 0 aliphatic carbocycles. The largest absolute Gasteiger partial charge is 0.295 e. The molecule has 0 radical (unpaired) electrons. The Labute approximate surface area is 154 Å². The first kappa shape index (κ1) is 18.1. The van der Waals surface area contributed by atoms with Gasteiger partial charge in [-0.3, -0.25) is 29.7 Å². The second kappa shape index (κ2) is 9.12. The van der Waals surface area contributed by atoms with E-state index >= 15 is 0 Å². The smallest absolute Gasteiger partial charge is 0.0727 e. The average Bonchev–Trinajstić information content (AvgIpc) is 2.65. The SMILES string of the molecule is CN(Cc1ccccn1)Cc1cnc(CN(C)Cc2ccccn2)cn1. The Hall–Kier alpha value is -2.70. The second-order valence-corrected chi connectivity index (χ2v) is 6.49. The lowest BCUT2D eigenvalue weighted by atomic mass is 10.3. The average molecular weight is 348 g/mol. The molecule has 3 rings (SSSR count). The fourth-order valence-corrected chi connectivity index (χ4v) is 2.75. The van der Waals surface area contributed by atoms with Gasteiger partial charge in [0.2, 0.25) is 0 Å². The van der Waals surface area contributed by atoms with E-state index in [0.29, 0.717) is 0 Å². The molecular formula is C20H24N6. The highest BCUT2D eigenvalue weighted by Crippen LogP contribution is 2.06. The fraction of sp³-hybridized carbons (Fsp3) is 0.300. The standard InChI is InChI=1S/C20H24N6/c1-25(13-17-7-3-5-9-21-17)15-19-11-24-20(12-23-19)16-26(2)14-18-8-4-6-10-22-18/h3-12H,13-16H2,1-2H3. The fourth-order valence-electron chi connectivity index (χ4n) is 2.75. The van der Waals surface area contributed by atoms with Crippen molar-refractivity contribution in [2.75, 3.05) is 14.1 Å². The molecule has 6 heteroatoms. The monoisotopic (exact) mass is 348 g/mol. The molecule has 134 valence electrons. The van der Waals surface area contributed by atoms with E-state index in [1.165, 1.54) is 0 Å². The molecule has 0 amide bonds. The van der Waals surface area contributed by atoms with Crippen LogP contribution in [0.15, 0.2) is 61.2 Å². The molecule has 3 aromatic rings. The molecule has 3 aromatic heterocycles. The third-order valence-corrected chi connectivity index (χ3v) is 3.94. The number of nitrogens with zero attached hydrogens (tertiary/aromatic N) is 6. The van der Waals surface area contributed by atoms with Crippen LogP contribution in [0.3, 0.4) is 0 Å². The molecule has 6 nitrogen and oxygen atoms in total. The lowest BCUT2D eigenvalue weighted by Gasteiger charge is -2.17. The van der Waals surface area contributed by atoms with Crippen molar-refractivity contribution in [1.82, 2.24) is 29.7 Å². The maximum atomic E-state index is 4.55. The van der Waals surface area contributed by atoms with Crippen molar-refractivity contribution < 1.29 is 0 Å². The van der Waals surface area contributed by atoms with Crippen LogP contribution in [0.2, 0.25) is 0 Å². The van der Waals surface area contributed by atoms with Crippen LogP contribution in [0.4, 0.5) is 0 Å². The minimum Gasteiger partial charge on any atom is -0.295 e. The van der Waals surface area contributed by atoms with Crippen molar-refractivity contribution in [3.05, 3.63) is 84.0 Å². The molecule has 3 heterocycles. The third kappa shape index (κ3) is 5.68. The summed E-state index contributed by atoms with van der Waals surface area (Å²) in [6.07, 6.45) is 7.36. The third-order valence-electron chi connectivity index (χ3n) is 3.94. The first-order valence-corrected chi connectivity index (χ1v) is 8.66. The summed E-state index contributed by atoms with van der Waals surface area (Å²) < 4.78 is 0. The van der Waals surface area contributed by atoms with Crippen LogP contribution < -0.4 is 0 Å². The summed E-state index contributed by atoms with van der Waals surface area (Å²) in [7, 11) is 4.12. The minimum atomic E-state index is 0.744. The molecule has 0 bridgehead atoms. The molecule has 0 saturated heterocycles. The lowest BCUT2D eigenvalue weighted by Crippen LogP contribution is -2.20. The minimum absolute atomic E-state index is 0.744. The Balaban J connectivity index is 1.50. The molecule has 0 fully saturated rings. The number of pyridine rings is 2. The van der Waals surface area contributed by atoms with Crippen LogP contribution in [0.5, 0.6) is 0 Å². The van der Waals surface area contributed by atoms with Crippen molar-refractivity contribution >= 4 is 0 Å². The van der Waals surface area contributed by atoms with Gasteiger partial charge in [0.05, 0.1) is 35.2 Å². The van der Waals surface area contributed by atoms with Gasteiger partial charge in [0.15, 0.2) is 0 Å². The van der Waals surface area contributed by atoms with E-state index in [-0.39, 0.29) is 0 Å². The molecule has 0 aromatic carbocycles. The van der Waals surface area contributed by atoms with Crippen LogP contribution in [0.1, 0.15) is 22.8 Å². The van der Waals surface area contributed by atoms with Crippen molar-refractivity contribution in [2.24, 2.45) is 0 Å². The number of hydrogen-bond acceptors (Lipinski definition) is 6. The van der Waals surface area contributed by atoms with Crippen molar-refractivity contribution in [2.45, 2.75) is 26.2 Å². The van der Waals surface area contributed by atoms with Crippen LogP contribution >= 0.6 is 0 Å². The molecule has 0 saturated carbocycles. The molecule has 26 heavy (non-hydrogen) atoms. The molecule has 0 aliphatic rings. The molecule has 0 atom stereocenters. The van der Waals surface area contributed by atoms with Gasteiger partial charge in [-0.2, -0.15) is 0 Å². The Morgan fingerprint density at radius 3 is 1.35 bits per heavy atom. The van der Waals surface area contributed by atoms with E-state index in [4.69, 9.17) is 0 Å². The van der Waals surface area contributed by atoms with Gasteiger partial charge in [-0.1, -0.05) is 12.1 Å². The normalized spacial score (nSPS) is 11.2. The predicted molar refractivity (Wildman–Crippen MR) is 101 cm³/mol. The van der Waals surface area contributed by atoms with Crippen LogP contribution in [0, 0.1) is 0 Å². The molecule has 0 unspecified atom stereocenters. The van der Waals surface area contributed by atoms with E-state index in [9.17, 15) is 0 Å². The Morgan fingerprint density at radius 1 is 0.577 bits per heavy atom. The van der Waals surface area contributed by atoms with Gasteiger partial charge in [-0.05, 0) is 38.4 Å². The summed E-state index contributed by atoms with van der Waals surface area (Å²) in [4.78, 5) is 22.2. The van der Waals surface area contributed by atoms with Crippen molar-refractivity contribution in [1.29, 1.82) is 0 Å². The van der Waals surface area contributed by atoms with Gasteiger partial charge < -0.3 is 0 Å². The van der Waals surface area contributed by atoms with Crippen molar-refractivity contribution in [3.8, 4) is 0 Å². The zero-order valence-corrected chi connectivity index (χ0v) is 15.3. The second-order valence-electron chi connectivity index (χ2n) is 6.49. The zero-order valence-electron chi connectivity index (χ0n) is 15.3. The summed E-state index contributed by atoms with van der Waals surface area (Å²) in [6, 6.07) is 11.9. The van der Waals surface area contributed by atoms with Gasteiger partial charge in [-0.25, -0.2) is 0 Å². The van der Waals surface area contributed by atoms with Gasteiger partial charge in [0, 0.05) is 38.6 Å². The predicted octanol–water partition coefficient (Wildman–Crippen LogP) is 2.53. The molecule has 0 N–H and O–H groups in total. The van der Waals surface area contributed by atoms with E-state index in [1.54, 1.807) is 0 Å². The summed E-state index contributed by atoms with van der Waals surface area (Å²) in [5, 5.41) is 0. The number of aromatic nitrogens is 4. The maximum Gasteiger partial charge on any atom is 0.0727 e. The highest BCUT2D eigenvalue weighted by molar-refractivity contribution is 5.06. The van der Waals surface area contributed by atoms with E-state index in [1.807, 2.05) is 61.2 Å². The molecule has 0 spiro atoms. The first-order valence-electron chi connectivity index (χ1n) is 8.66. The maximum absolute atomic E-state index is 4.55. The lowest BCUT2D eigenvalue weighted by molar-refractivity contribution is 0.305. The van der Waals surface area contributed by atoms with Gasteiger partial charge >= 0.3 is 0 Å². The Kier molecular flexibility index (Phi) is 6.35. The number of rotatable bonds is 8. The first-order chi connectivity index (χ1) is 12.7. The summed E-state index contributed by atoms with van der Waals surface area (Å²) in [5.74, 6) is 0. The molecule has 0 aliphatic heterocycles. The van der Waals surface area contributed by atoms with Crippen LogP contribution in [-0.2, 0) is 26.2 Å². The Bertz CT molecular complexity index is 708. The highest BCUT2D eigenvalue weighted by atomic mass is 15.1. The zero-order chi connectivity index (χ0) is 18.2. The Morgan fingerprint density at radius 2 is 1.00 bits per heavy atom. The highest BCUT2D eigenvalue weighted by Gasteiger charge is 2.07. The summed E-state index contributed by atoms with van der Waals surface area (Å²) in [5.41, 5.74) is 4.02. The summed E-state index contributed by atoms with van der Waals surface area (Å²) >= 11 is 0. The van der Waals surface area contributed by atoms with Crippen molar-refractivity contribution in [3.63, 3.8) is 0 Å². The van der Waals surface area contributed by atoms with Gasteiger partial charge in [0.1, 0.15) is 0 Å². The van der Waals surface area contributed by atoms with E-state index < -0.39 is 0 Å². The van der Waals surface area contributed by atoms with Gasteiger partial charge in [-0.15, -0.1) is 0 Å². The number of hydrogen-bond donors (Lipinski definition) is 0. The summed E-state index contributed by atoms with van der Waals surface area (Å²) in [6.45, 7) is 3.06. The van der Waals surface area contributed by atoms with Crippen LogP contribution in [0.25, 0.3) is 0 Å². The van der Waals surface area contributed by atoms with E-state index in [2.05, 4.69) is 43.8 Å². The van der Waals surface area contributed by atoms with E-state index in [0.717, 1.165) is 49.0 Å². The molecular weight excluding hydrogens is 324 g/mol.